The fraction of sp³-hybridized carbons (Fsp3) is 0.381. The maximum absolute atomic E-state index is 12.3. The summed E-state index contributed by atoms with van der Waals surface area (Å²) in [7, 11) is 1.66. The van der Waals surface area contributed by atoms with Crippen molar-refractivity contribution in [3.63, 3.8) is 0 Å². The van der Waals surface area contributed by atoms with Gasteiger partial charge < -0.3 is 15.8 Å². The van der Waals surface area contributed by atoms with E-state index in [2.05, 4.69) is 22.3 Å². The Morgan fingerprint density at radius 3 is 2.55 bits per heavy atom. The largest absolute Gasteiger partial charge is 0.497 e. The lowest BCUT2D eigenvalue weighted by molar-refractivity contribution is -0.383. The monoisotopic (exact) mass is 398 g/mol. The predicted octanol–water partition coefficient (Wildman–Crippen LogP) is 2.83. The Morgan fingerprint density at radius 2 is 1.93 bits per heavy atom. The van der Waals surface area contributed by atoms with Crippen LogP contribution in [0.25, 0.3) is 0 Å². The van der Waals surface area contributed by atoms with Gasteiger partial charge in [0.1, 0.15) is 11.4 Å². The van der Waals surface area contributed by atoms with Crippen LogP contribution in [-0.2, 0) is 6.54 Å². The summed E-state index contributed by atoms with van der Waals surface area (Å²) in [6.45, 7) is 3.41. The molecule has 2 aromatic carbocycles. The molecule has 154 valence electrons. The maximum atomic E-state index is 12.3. The molecule has 1 fully saturated rings. The number of benzene rings is 2. The third kappa shape index (κ3) is 5.45. The number of nitro benzene ring substituents is 1. The summed E-state index contributed by atoms with van der Waals surface area (Å²) in [5, 5.41) is 13.9. The number of hydrogen-bond donors (Lipinski definition) is 2. The zero-order valence-electron chi connectivity index (χ0n) is 16.5. The summed E-state index contributed by atoms with van der Waals surface area (Å²) < 4.78 is 5.19. The van der Waals surface area contributed by atoms with Gasteiger partial charge in [0.05, 0.1) is 12.0 Å². The van der Waals surface area contributed by atoms with E-state index in [0.717, 1.165) is 38.2 Å². The van der Waals surface area contributed by atoms with Gasteiger partial charge in [0.15, 0.2) is 0 Å². The fourth-order valence-electron chi connectivity index (χ4n) is 3.52. The van der Waals surface area contributed by atoms with Crippen LogP contribution in [0.4, 0.5) is 11.4 Å². The SMILES string of the molecule is COc1ccc(CN2CCC(CNC(=O)c3ccc(N)c([N+](=O)[O-])c3)CC2)cc1. The normalized spacial score (nSPS) is 15.1. The first kappa shape index (κ1) is 20.6. The molecule has 1 aliphatic heterocycles. The van der Waals surface area contributed by atoms with E-state index in [-0.39, 0.29) is 22.8 Å². The molecule has 3 N–H and O–H groups in total. The van der Waals surface area contributed by atoms with Crippen LogP contribution in [0.2, 0.25) is 0 Å². The first-order valence-electron chi connectivity index (χ1n) is 9.63. The Kier molecular flexibility index (Phi) is 6.66. The maximum Gasteiger partial charge on any atom is 0.292 e. The highest BCUT2D eigenvalue weighted by atomic mass is 16.6. The third-order valence-electron chi connectivity index (χ3n) is 5.31. The minimum absolute atomic E-state index is 0.0516. The number of nitrogen functional groups attached to an aromatic ring is 1. The average Bonchev–Trinajstić information content (AvgIpc) is 2.73. The van der Waals surface area contributed by atoms with Gasteiger partial charge in [-0.2, -0.15) is 0 Å². The van der Waals surface area contributed by atoms with Crippen molar-refractivity contribution < 1.29 is 14.5 Å². The van der Waals surface area contributed by atoms with Crippen LogP contribution < -0.4 is 15.8 Å². The van der Waals surface area contributed by atoms with Crippen molar-refractivity contribution >= 4 is 17.3 Å². The number of nitrogens with zero attached hydrogens (tertiary/aromatic N) is 2. The van der Waals surface area contributed by atoms with E-state index in [1.807, 2.05) is 12.1 Å². The van der Waals surface area contributed by atoms with E-state index in [1.54, 1.807) is 7.11 Å². The number of nitrogens with one attached hydrogen (secondary N) is 1. The van der Waals surface area contributed by atoms with Crippen LogP contribution in [0.1, 0.15) is 28.8 Å². The number of ether oxygens (including phenoxy) is 1. The van der Waals surface area contributed by atoms with Crippen LogP contribution in [0.3, 0.4) is 0 Å². The van der Waals surface area contributed by atoms with Crippen LogP contribution in [-0.4, -0.2) is 42.5 Å². The number of nitro groups is 1. The molecule has 0 aliphatic carbocycles. The first-order valence-corrected chi connectivity index (χ1v) is 9.63. The smallest absolute Gasteiger partial charge is 0.292 e. The summed E-state index contributed by atoms with van der Waals surface area (Å²) in [6.07, 6.45) is 2.00. The van der Waals surface area contributed by atoms with Crippen molar-refractivity contribution in [3.05, 3.63) is 63.7 Å². The molecule has 2 aromatic rings. The van der Waals surface area contributed by atoms with Gasteiger partial charge in [-0.1, -0.05) is 12.1 Å². The molecule has 0 aromatic heterocycles. The van der Waals surface area contributed by atoms with E-state index in [0.29, 0.717) is 12.5 Å². The summed E-state index contributed by atoms with van der Waals surface area (Å²) in [5.41, 5.74) is 6.89. The van der Waals surface area contributed by atoms with E-state index in [1.165, 1.54) is 23.8 Å². The Bertz CT molecular complexity index is 861. The van der Waals surface area contributed by atoms with Gasteiger partial charge in [-0.25, -0.2) is 0 Å². The number of rotatable bonds is 7. The molecular weight excluding hydrogens is 372 g/mol. The van der Waals surface area contributed by atoms with Gasteiger partial charge >= 0.3 is 0 Å². The van der Waals surface area contributed by atoms with Crippen molar-refractivity contribution in [1.82, 2.24) is 10.2 Å². The van der Waals surface area contributed by atoms with Gasteiger partial charge in [0.25, 0.3) is 11.6 Å². The van der Waals surface area contributed by atoms with Crippen LogP contribution in [0, 0.1) is 16.0 Å². The fourth-order valence-corrected chi connectivity index (χ4v) is 3.52. The number of methoxy groups -OCH3 is 1. The molecule has 0 atom stereocenters. The molecule has 8 nitrogen and oxygen atoms in total. The second-order valence-electron chi connectivity index (χ2n) is 7.31. The molecule has 8 heteroatoms. The molecule has 29 heavy (non-hydrogen) atoms. The number of hydrogen-bond acceptors (Lipinski definition) is 6. The van der Waals surface area contributed by atoms with Crippen LogP contribution in [0.15, 0.2) is 42.5 Å². The first-order chi connectivity index (χ1) is 14.0. The van der Waals surface area contributed by atoms with Gasteiger partial charge in [-0.05, 0) is 61.7 Å². The van der Waals surface area contributed by atoms with E-state index >= 15 is 0 Å². The lowest BCUT2D eigenvalue weighted by Crippen LogP contribution is -2.38. The minimum Gasteiger partial charge on any atom is -0.497 e. The predicted molar refractivity (Wildman–Crippen MR) is 111 cm³/mol. The van der Waals surface area contributed by atoms with Crippen LogP contribution >= 0.6 is 0 Å². The van der Waals surface area contributed by atoms with E-state index in [4.69, 9.17) is 10.5 Å². The van der Waals surface area contributed by atoms with Gasteiger partial charge in [0, 0.05) is 24.7 Å². The Labute approximate surface area is 169 Å². The van der Waals surface area contributed by atoms with Crippen molar-refractivity contribution in [3.8, 4) is 5.75 Å². The van der Waals surface area contributed by atoms with E-state index < -0.39 is 4.92 Å². The third-order valence-corrected chi connectivity index (χ3v) is 5.31. The molecule has 1 aliphatic rings. The molecule has 0 bridgehead atoms. The Hall–Kier alpha value is -3.13. The number of anilines is 1. The lowest BCUT2D eigenvalue weighted by Gasteiger charge is -2.32. The number of carbonyl (C=O) groups is 1. The molecule has 1 heterocycles. The highest BCUT2D eigenvalue weighted by Crippen LogP contribution is 2.23. The van der Waals surface area contributed by atoms with Gasteiger partial charge in [0.2, 0.25) is 0 Å². The average molecular weight is 398 g/mol. The van der Waals surface area contributed by atoms with Gasteiger partial charge in [-0.3, -0.25) is 19.8 Å². The quantitative estimate of drug-likeness (QED) is 0.421. The van der Waals surface area contributed by atoms with Crippen molar-refractivity contribution in [1.29, 1.82) is 0 Å². The van der Waals surface area contributed by atoms with Crippen molar-refractivity contribution in [2.75, 3.05) is 32.5 Å². The number of likely N-dealkylation sites (tertiary alicyclic amines) is 1. The number of nitrogens with two attached hydrogens (primary N) is 1. The lowest BCUT2D eigenvalue weighted by atomic mass is 9.96. The summed E-state index contributed by atoms with van der Waals surface area (Å²) in [5.74, 6) is 0.943. The second kappa shape index (κ2) is 9.38. The van der Waals surface area contributed by atoms with Crippen LogP contribution in [0.5, 0.6) is 5.75 Å². The summed E-state index contributed by atoms with van der Waals surface area (Å²) in [4.78, 5) is 25.1. The molecule has 3 rings (SSSR count). The molecule has 1 amide bonds. The molecule has 0 saturated carbocycles. The minimum atomic E-state index is -0.579. The van der Waals surface area contributed by atoms with Gasteiger partial charge in [-0.15, -0.1) is 0 Å². The van der Waals surface area contributed by atoms with E-state index in [9.17, 15) is 14.9 Å². The standard InChI is InChI=1S/C21H26N4O4/c1-29-18-5-2-16(3-6-18)14-24-10-8-15(9-11-24)13-23-21(26)17-4-7-19(22)20(12-17)25(27)28/h2-7,12,15H,8-11,13-14,22H2,1H3,(H,23,26). The van der Waals surface area contributed by atoms with Crippen molar-refractivity contribution in [2.45, 2.75) is 19.4 Å². The Morgan fingerprint density at radius 1 is 1.24 bits per heavy atom. The number of piperidine rings is 1. The zero-order chi connectivity index (χ0) is 20.8. The highest BCUT2D eigenvalue weighted by molar-refractivity contribution is 5.95. The number of amides is 1. The van der Waals surface area contributed by atoms with Crippen molar-refractivity contribution in [2.24, 2.45) is 5.92 Å². The summed E-state index contributed by atoms with van der Waals surface area (Å²) >= 11 is 0. The highest BCUT2D eigenvalue weighted by Gasteiger charge is 2.21. The zero-order valence-corrected chi connectivity index (χ0v) is 16.5. The molecule has 0 spiro atoms. The Balaban J connectivity index is 1.45. The molecular formula is C21H26N4O4. The number of carbonyl (C=O) groups excluding carboxylic acids is 1. The molecule has 0 unspecified atom stereocenters. The topological polar surface area (TPSA) is 111 Å². The molecule has 1 saturated heterocycles. The summed E-state index contributed by atoms with van der Waals surface area (Å²) in [6, 6.07) is 12.2. The second-order valence-corrected chi connectivity index (χ2v) is 7.31. The molecule has 0 radical (unpaired) electrons.